The van der Waals surface area contributed by atoms with Crippen molar-refractivity contribution < 1.29 is 33.3 Å². The molecule has 1 aromatic rings. The highest BCUT2D eigenvalue weighted by molar-refractivity contribution is 5.88. The lowest BCUT2D eigenvalue weighted by molar-refractivity contribution is -0.785. The monoisotopic (exact) mass is 305 g/mol. The largest absolute Gasteiger partial charge is 1.00 e. The predicted molar refractivity (Wildman–Crippen MR) is 53.5 cm³/mol. The topological polar surface area (TPSA) is 17.1 Å². The van der Waals surface area contributed by atoms with Gasteiger partial charge in [0.1, 0.15) is 0 Å². The fraction of sp³-hybridized carbons (Fsp3) is 0.364. The molecule has 2 nitrogen and oxygen atoms in total. The van der Waals surface area contributed by atoms with E-state index >= 15 is 0 Å². The highest BCUT2D eigenvalue weighted by Gasteiger charge is 2.21. The number of amides is 1. The van der Waals surface area contributed by atoms with Crippen molar-refractivity contribution >= 4 is 5.91 Å². The van der Waals surface area contributed by atoms with E-state index in [0.717, 1.165) is 5.56 Å². The maximum atomic E-state index is 11.7. The van der Waals surface area contributed by atoms with Crippen LogP contribution in [0.25, 0.3) is 0 Å². The van der Waals surface area contributed by atoms with Gasteiger partial charge in [0.25, 0.3) is 0 Å². The normalized spacial score (nSPS) is 10.6. The molecule has 0 aliphatic rings. The zero-order valence-electron chi connectivity index (χ0n) is 9.04. The number of quaternary nitrogens is 1. The summed E-state index contributed by atoms with van der Waals surface area (Å²) in [6.07, 6.45) is 0. The molecule has 0 unspecified atom stereocenters. The van der Waals surface area contributed by atoms with E-state index in [-0.39, 0.29) is 29.9 Å². The number of benzene rings is 1. The van der Waals surface area contributed by atoms with Crippen molar-refractivity contribution in [3.05, 3.63) is 35.4 Å². The predicted octanol–water partition coefficient (Wildman–Crippen LogP) is -1.15. The van der Waals surface area contributed by atoms with Crippen LogP contribution in [0, 0.1) is 6.92 Å². The van der Waals surface area contributed by atoms with E-state index in [1.807, 2.05) is 52.3 Å². The summed E-state index contributed by atoms with van der Waals surface area (Å²) in [7, 11) is 5.63. The van der Waals surface area contributed by atoms with Gasteiger partial charge in [-0.15, -0.1) is 0 Å². The summed E-state index contributed by atoms with van der Waals surface area (Å²) in [5.74, 6) is 0.139. The molecule has 0 aliphatic heterocycles. The standard InChI is InChI=1S/C11H16NO.HI/c1-9-5-7-10(8-6-9)11(13)12(2,3)4;/h5-8H,1-4H3;1H/q+1;/p-1. The fourth-order valence-corrected chi connectivity index (χ4v) is 1.08. The second-order valence-corrected chi connectivity index (χ2v) is 4.18. The molecule has 78 valence electrons. The number of hydrogen-bond acceptors (Lipinski definition) is 1. The lowest BCUT2D eigenvalue weighted by Crippen LogP contribution is -3.00. The summed E-state index contributed by atoms with van der Waals surface area (Å²) >= 11 is 0. The Morgan fingerprint density at radius 1 is 1.07 bits per heavy atom. The van der Waals surface area contributed by atoms with E-state index in [9.17, 15) is 4.79 Å². The minimum Gasteiger partial charge on any atom is -1.00 e. The van der Waals surface area contributed by atoms with Gasteiger partial charge in [0.05, 0.1) is 26.7 Å². The van der Waals surface area contributed by atoms with Gasteiger partial charge in [-0.3, -0.25) is 4.48 Å². The summed E-state index contributed by atoms with van der Waals surface area (Å²) in [6, 6.07) is 7.67. The van der Waals surface area contributed by atoms with Crippen LogP contribution in [0.5, 0.6) is 0 Å². The van der Waals surface area contributed by atoms with Crippen LogP contribution in [0.4, 0.5) is 0 Å². The highest BCUT2D eigenvalue weighted by Crippen LogP contribution is 2.08. The van der Waals surface area contributed by atoms with Crippen molar-refractivity contribution in [3.63, 3.8) is 0 Å². The van der Waals surface area contributed by atoms with E-state index in [1.165, 1.54) is 5.56 Å². The Bertz CT molecular complexity index is 311. The number of hydrogen-bond donors (Lipinski definition) is 0. The van der Waals surface area contributed by atoms with Crippen LogP contribution in [0.3, 0.4) is 0 Å². The Labute approximate surface area is 103 Å². The third-order valence-corrected chi connectivity index (χ3v) is 1.91. The third-order valence-electron chi connectivity index (χ3n) is 1.91. The smallest absolute Gasteiger partial charge is 0.345 e. The minimum atomic E-state index is 0. The average molecular weight is 305 g/mol. The first-order chi connectivity index (χ1) is 5.91. The molecule has 1 amide bonds. The first-order valence-electron chi connectivity index (χ1n) is 4.34. The Morgan fingerprint density at radius 3 is 1.86 bits per heavy atom. The number of halogens is 1. The zero-order chi connectivity index (χ0) is 10.1. The molecule has 0 fully saturated rings. The van der Waals surface area contributed by atoms with E-state index in [0.29, 0.717) is 4.48 Å². The van der Waals surface area contributed by atoms with Gasteiger partial charge >= 0.3 is 5.91 Å². The molecule has 0 N–H and O–H groups in total. The summed E-state index contributed by atoms with van der Waals surface area (Å²) in [5.41, 5.74) is 1.95. The minimum absolute atomic E-state index is 0. The number of rotatable bonds is 1. The Morgan fingerprint density at radius 2 is 1.50 bits per heavy atom. The van der Waals surface area contributed by atoms with E-state index in [1.54, 1.807) is 0 Å². The molecule has 0 heterocycles. The van der Waals surface area contributed by atoms with Crippen LogP contribution in [0.15, 0.2) is 24.3 Å². The lowest BCUT2D eigenvalue weighted by atomic mass is 10.1. The quantitative estimate of drug-likeness (QED) is 0.473. The molecule has 14 heavy (non-hydrogen) atoms. The van der Waals surface area contributed by atoms with Gasteiger partial charge in [-0.05, 0) is 19.1 Å². The Balaban J connectivity index is 0.00000169. The molecular weight excluding hydrogens is 289 g/mol. The van der Waals surface area contributed by atoms with Crippen LogP contribution in [0.1, 0.15) is 15.9 Å². The van der Waals surface area contributed by atoms with Crippen LogP contribution in [-0.4, -0.2) is 31.5 Å². The molecule has 3 heteroatoms. The second kappa shape index (κ2) is 4.89. The maximum absolute atomic E-state index is 11.7. The molecule has 1 rings (SSSR count). The summed E-state index contributed by atoms with van der Waals surface area (Å²) in [5, 5.41) is 0. The Hall–Kier alpha value is -0.420. The molecular formula is C11H16INO. The summed E-state index contributed by atoms with van der Waals surface area (Å²) in [6.45, 7) is 2.01. The molecule has 0 spiro atoms. The van der Waals surface area contributed by atoms with Crippen LogP contribution in [-0.2, 0) is 0 Å². The van der Waals surface area contributed by atoms with Gasteiger partial charge in [0.2, 0.25) is 0 Å². The molecule has 1 aromatic carbocycles. The van der Waals surface area contributed by atoms with Crippen LogP contribution >= 0.6 is 0 Å². The van der Waals surface area contributed by atoms with Crippen LogP contribution < -0.4 is 24.0 Å². The van der Waals surface area contributed by atoms with Gasteiger partial charge in [0, 0.05) is 0 Å². The average Bonchev–Trinajstić information content (AvgIpc) is 2.03. The summed E-state index contributed by atoms with van der Waals surface area (Å²) < 4.78 is 0.336. The fourth-order valence-electron chi connectivity index (χ4n) is 1.08. The number of aryl methyl sites for hydroxylation is 1. The van der Waals surface area contributed by atoms with E-state index < -0.39 is 0 Å². The SMILES string of the molecule is Cc1ccc(C(=O)[N+](C)(C)C)cc1.[I-]. The van der Waals surface area contributed by atoms with Gasteiger partial charge in [-0.25, -0.2) is 4.79 Å². The number of carbonyl (C=O) groups is 1. The lowest BCUT2D eigenvalue weighted by Gasteiger charge is -2.20. The zero-order valence-corrected chi connectivity index (χ0v) is 11.2. The van der Waals surface area contributed by atoms with Gasteiger partial charge < -0.3 is 24.0 Å². The van der Waals surface area contributed by atoms with Gasteiger partial charge in [-0.1, -0.05) is 17.7 Å². The molecule has 0 saturated heterocycles. The van der Waals surface area contributed by atoms with E-state index in [4.69, 9.17) is 0 Å². The van der Waals surface area contributed by atoms with Gasteiger partial charge in [0.15, 0.2) is 0 Å². The van der Waals surface area contributed by atoms with E-state index in [2.05, 4.69) is 0 Å². The molecule has 0 radical (unpaired) electrons. The third kappa shape index (κ3) is 3.38. The van der Waals surface area contributed by atoms with Crippen molar-refractivity contribution in [2.24, 2.45) is 0 Å². The molecule has 0 aromatic heterocycles. The van der Waals surface area contributed by atoms with Gasteiger partial charge in [-0.2, -0.15) is 0 Å². The van der Waals surface area contributed by atoms with Crippen LogP contribution in [0.2, 0.25) is 0 Å². The molecule has 0 bridgehead atoms. The second-order valence-electron chi connectivity index (χ2n) is 4.18. The summed E-state index contributed by atoms with van der Waals surface area (Å²) in [4.78, 5) is 11.7. The first kappa shape index (κ1) is 13.6. The maximum Gasteiger partial charge on any atom is 0.345 e. The number of nitrogens with zero attached hydrogens (tertiary/aromatic N) is 1. The van der Waals surface area contributed by atoms with Crippen molar-refractivity contribution in [3.8, 4) is 0 Å². The highest BCUT2D eigenvalue weighted by atomic mass is 127. The molecule has 0 aliphatic carbocycles. The van der Waals surface area contributed by atoms with Crippen molar-refractivity contribution in [2.75, 3.05) is 21.1 Å². The first-order valence-corrected chi connectivity index (χ1v) is 4.34. The van der Waals surface area contributed by atoms with Crippen molar-refractivity contribution in [1.82, 2.24) is 0 Å². The molecule has 0 saturated carbocycles. The van der Waals surface area contributed by atoms with Crippen molar-refractivity contribution in [1.29, 1.82) is 0 Å². The molecule has 0 atom stereocenters. The Kier molecular flexibility index (Phi) is 4.74. The van der Waals surface area contributed by atoms with Crippen molar-refractivity contribution in [2.45, 2.75) is 6.92 Å². The number of carbonyl (C=O) groups excluding carboxylic acids is 1.